The third-order valence-corrected chi connectivity index (χ3v) is 5.01. The van der Waals surface area contributed by atoms with Gasteiger partial charge in [-0.15, -0.1) is 0 Å². The number of hydrogen-bond acceptors (Lipinski definition) is 6. The summed E-state index contributed by atoms with van der Waals surface area (Å²) in [4.78, 5) is 14.8. The second-order valence-electron chi connectivity index (χ2n) is 7.08. The summed E-state index contributed by atoms with van der Waals surface area (Å²) < 4.78 is 16.5. The van der Waals surface area contributed by atoms with Crippen molar-refractivity contribution >= 4 is 11.6 Å². The van der Waals surface area contributed by atoms with Crippen LogP contribution in [-0.2, 0) is 11.3 Å². The number of nitrogens with zero attached hydrogens (tertiary/aromatic N) is 2. The van der Waals surface area contributed by atoms with E-state index < -0.39 is 0 Å². The highest BCUT2D eigenvalue weighted by Crippen LogP contribution is 2.30. The first kappa shape index (κ1) is 19.4. The zero-order valence-corrected chi connectivity index (χ0v) is 16.5. The van der Waals surface area contributed by atoms with E-state index in [0.29, 0.717) is 30.2 Å². The van der Waals surface area contributed by atoms with Crippen molar-refractivity contribution in [1.29, 1.82) is 0 Å². The minimum atomic E-state index is -0.236. The van der Waals surface area contributed by atoms with Crippen LogP contribution in [0.5, 0.6) is 11.5 Å². The highest BCUT2D eigenvalue weighted by molar-refractivity contribution is 6.01. The van der Waals surface area contributed by atoms with Gasteiger partial charge in [0.15, 0.2) is 11.5 Å². The zero-order valence-electron chi connectivity index (χ0n) is 16.5. The number of benzene rings is 2. The van der Waals surface area contributed by atoms with Gasteiger partial charge in [-0.3, -0.25) is 9.69 Å². The average molecular weight is 395 g/mol. The summed E-state index contributed by atoms with van der Waals surface area (Å²) in [6.07, 6.45) is 0. The minimum absolute atomic E-state index is 0.236. The SMILES string of the molecule is CC(=NNC(=O)c1ccc(CN2CCOCC2)cc1)c1ccc2c(c1)OCCO2. The van der Waals surface area contributed by atoms with Crippen molar-refractivity contribution in [3.05, 3.63) is 59.2 Å². The van der Waals surface area contributed by atoms with E-state index in [1.54, 1.807) is 0 Å². The summed E-state index contributed by atoms with van der Waals surface area (Å²) in [6.45, 7) is 7.24. The first-order valence-corrected chi connectivity index (χ1v) is 9.83. The van der Waals surface area contributed by atoms with Crippen molar-refractivity contribution in [3.8, 4) is 11.5 Å². The molecule has 0 unspecified atom stereocenters. The summed E-state index contributed by atoms with van der Waals surface area (Å²) in [5, 5.41) is 4.23. The molecule has 4 rings (SSSR count). The summed E-state index contributed by atoms with van der Waals surface area (Å²) in [5.74, 6) is 1.19. The lowest BCUT2D eigenvalue weighted by atomic mass is 10.1. The van der Waals surface area contributed by atoms with E-state index in [1.807, 2.05) is 49.4 Å². The Kier molecular flexibility index (Phi) is 6.07. The van der Waals surface area contributed by atoms with Crippen molar-refractivity contribution in [1.82, 2.24) is 10.3 Å². The molecule has 0 radical (unpaired) electrons. The van der Waals surface area contributed by atoms with Crippen molar-refractivity contribution in [2.75, 3.05) is 39.5 Å². The molecule has 1 fully saturated rings. The van der Waals surface area contributed by atoms with Crippen LogP contribution in [0.1, 0.15) is 28.4 Å². The number of morpholine rings is 1. The van der Waals surface area contributed by atoms with E-state index in [9.17, 15) is 4.79 Å². The monoisotopic (exact) mass is 395 g/mol. The summed E-state index contributed by atoms with van der Waals surface area (Å²) >= 11 is 0. The van der Waals surface area contributed by atoms with Crippen molar-refractivity contribution in [2.24, 2.45) is 5.10 Å². The Balaban J connectivity index is 1.36. The zero-order chi connectivity index (χ0) is 20.1. The Bertz CT molecular complexity index is 889. The molecule has 1 N–H and O–H groups in total. The fourth-order valence-electron chi connectivity index (χ4n) is 3.31. The molecule has 0 aromatic heterocycles. The maximum atomic E-state index is 12.4. The van der Waals surface area contributed by atoms with Gasteiger partial charge >= 0.3 is 0 Å². The Labute approximate surface area is 170 Å². The van der Waals surface area contributed by atoms with Crippen molar-refractivity contribution in [2.45, 2.75) is 13.5 Å². The van der Waals surface area contributed by atoms with Crippen LogP contribution in [0.15, 0.2) is 47.6 Å². The molecule has 29 heavy (non-hydrogen) atoms. The van der Waals surface area contributed by atoms with Crippen LogP contribution in [0, 0.1) is 0 Å². The first-order chi connectivity index (χ1) is 14.2. The maximum Gasteiger partial charge on any atom is 0.271 e. The molecule has 0 spiro atoms. The van der Waals surface area contributed by atoms with Crippen LogP contribution >= 0.6 is 0 Å². The summed E-state index contributed by atoms with van der Waals surface area (Å²) in [7, 11) is 0. The highest BCUT2D eigenvalue weighted by atomic mass is 16.6. The van der Waals surface area contributed by atoms with Gasteiger partial charge in [0.25, 0.3) is 5.91 Å². The Morgan fingerprint density at radius 3 is 2.41 bits per heavy atom. The maximum absolute atomic E-state index is 12.4. The number of carbonyl (C=O) groups excluding carboxylic acids is 1. The van der Waals surface area contributed by atoms with E-state index in [-0.39, 0.29) is 5.91 Å². The molecule has 1 saturated heterocycles. The largest absolute Gasteiger partial charge is 0.486 e. The van der Waals surface area contributed by atoms with Gasteiger partial charge in [-0.1, -0.05) is 12.1 Å². The number of rotatable bonds is 5. The Morgan fingerprint density at radius 1 is 0.966 bits per heavy atom. The molecule has 152 valence electrons. The molecule has 1 amide bonds. The topological polar surface area (TPSA) is 72.4 Å². The van der Waals surface area contributed by atoms with Gasteiger partial charge in [0.1, 0.15) is 13.2 Å². The van der Waals surface area contributed by atoms with Crippen LogP contribution in [0.3, 0.4) is 0 Å². The van der Waals surface area contributed by atoms with Crippen molar-refractivity contribution in [3.63, 3.8) is 0 Å². The molecular weight excluding hydrogens is 370 g/mol. The molecule has 0 bridgehead atoms. The molecule has 0 aliphatic carbocycles. The molecule has 0 atom stereocenters. The van der Waals surface area contributed by atoms with E-state index in [2.05, 4.69) is 15.4 Å². The molecule has 2 aromatic rings. The number of hydrogen-bond donors (Lipinski definition) is 1. The van der Waals surface area contributed by atoms with E-state index in [4.69, 9.17) is 14.2 Å². The molecule has 2 aromatic carbocycles. The second kappa shape index (κ2) is 9.07. The standard InChI is InChI=1S/C22H25N3O4/c1-16(19-6-7-20-21(14-19)29-13-12-28-20)23-24-22(26)18-4-2-17(3-5-18)15-25-8-10-27-11-9-25/h2-7,14H,8-13,15H2,1H3,(H,24,26). The van der Waals surface area contributed by atoms with Gasteiger partial charge < -0.3 is 14.2 Å². The van der Waals surface area contributed by atoms with Gasteiger partial charge in [0.2, 0.25) is 0 Å². The first-order valence-electron chi connectivity index (χ1n) is 9.83. The lowest BCUT2D eigenvalue weighted by Gasteiger charge is -2.26. The van der Waals surface area contributed by atoms with Crippen LogP contribution in [0.25, 0.3) is 0 Å². The van der Waals surface area contributed by atoms with Gasteiger partial charge in [-0.05, 0) is 42.8 Å². The second-order valence-corrected chi connectivity index (χ2v) is 7.08. The average Bonchev–Trinajstić information content (AvgIpc) is 2.78. The predicted octanol–water partition coefficient (Wildman–Crippen LogP) is 2.44. The predicted molar refractivity (Wildman–Crippen MR) is 110 cm³/mol. The van der Waals surface area contributed by atoms with Crippen LogP contribution in [-0.4, -0.2) is 56.0 Å². The van der Waals surface area contributed by atoms with Gasteiger partial charge in [-0.2, -0.15) is 5.10 Å². The van der Waals surface area contributed by atoms with E-state index in [1.165, 1.54) is 5.56 Å². The normalized spacial score (nSPS) is 17.1. The van der Waals surface area contributed by atoms with Crippen LogP contribution < -0.4 is 14.9 Å². The molecule has 2 aliphatic rings. The lowest BCUT2D eigenvalue weighted by molar-refractivity contribution is 0.0342. The molecule has 7 nitrogen and oxygen atoms in total. The molecule has 7 heteroatoms. The highest BCUT2D eigenvalue weighted by Gasteiger charge is 2.14. The van der Waals surface area contributed by atoms with Gasteiger partial charge in [0.05, 0.1) is 18.9 Å². The third kappa shape index (κ3) is 4.93. The molecule has 0 saturated carbocycles. The van der Waals surface area contributed by atoms with E-state index in [0.717, 1.165) is 44.2 Å². The molecule has 2 aliphatic heterocycles. The number of hydrazone groups is 1. The minimum Gasteiger partial charge on any atom is -0.486 e. The van der Waals surface area contributed by atoms with Crippen LogP contribution in [0.2, 0.25) is 0 Å². The number of nitrogens with one attached hydrogen (secondary N) is 1. The number of fused-ring (bicyclic) bond motifs is 1. The lowest BCUT2D eigenvalue weighted by Crippen LogP contribution is -2.35. The number of carbonyl (C=O) groups is 1. The van der Waals surface area contributed by atoms with Gasteiger partial charge in [0, 0.05) is 30.8 Å². The fourth-order valence-corrected chi connectivity index (χ4v) is 3.31. The third-order valence-electron chi connectivity index (χ3n) is 5.01. The summed E-state index contributed by atoms with van der Waals surface area (Å²) in [5.41, 5.74) is 5.95. The number of ether oxygens (including phenoxy) is 3. The smallest absolute Gasteiger partial charge is 0.271 e. The molecular formula is C22H25N3O4. The van der Waals surface area contributed by atoms with E-state index >= 15 is 0 Å². The quantitative estimate of drug-likeness (QED) is 0.622. The fraction of sp³-hybridized carbons (Fsp3) is 0.364. The van der Waals surface area contributed by atoms with Crippen molar-refractivity contribution < 1.29 is 19.0 Å². The Hall–Kier alpha value is -2.90. The van der Waals surface area contributed by atoms with Crippen LogP contribution in [0.4, 0.5) is 0 Å². The van der Waals surface area contributed by atoms with Gasteiger partial charge in [-0.25, -0.2) is 5.43 Å². The summed E-state index contributed by atoms with van der Waals surface area (Å²) in [6, 6.07) is 13.3. The number of amides is 1. The Morgan fingerprint density at radius 2 is 1.66 bits per heavy atom. The molecule has 2 heterocycles.